The molecule has 1 aromatic carbocycles. The molecule has 4 fully saturated rings. The van der Waals surface area contributed by atoms with E-state index in [0.717, 1.165) is 49.1 Å². The van der Waals surface area contributed by atoms with E-state index in [4.69, 9.17) is 9.47 Å². The topological polar surface area (TPSA) is 138 Å². The second-order valence-electron chi connectivity index (χ2n) is 11.5. The van der Waals surface area contributed by atoms with Crippen LogP contribution >= 0.6 is 0 Å². The van der Waals surface area contributed by atoms with Gasteiger partial charge in [-0.3, -0.25) is 15.1 Å². The number of nitrogens with zero attached hydrogens (tertiary/aromatic N) is 1. The van der Waals surface area contributed by atoms with Gasteiger partial charge in [-0.1, -0.05) is 12.1 Å². The average molecular weight is 527 g/mol. The van der Waals surface area contributed by atoms with Gasteiger partial charge >= 0.3 is 12.1 Å². The van der Waals surface area contributed by atoms with E-state index in [-0.39, 0.29) is 17.7 Å². The summed E-state index contributed by atoms with van der Waals surface area (Å²) in [5, 5.41) is 17.9. The normalized spacial score (nSPS) is 27.7. The predicted molar refractivity (Wildman–Crippen MR) is 140 cm³/mol. The lowest BCUT2D eigenvalue weighted by atomic mass is 9.50. The molecule has 206 valence electrons. The number of hydrogen-bond acceptors (Lipinski definition) is 7. The molecule has 1 atom stereocenters. The Morgan fingerprint density at radius 1 is 1.08 bits per heavy atom. The molecule has 1 unspecified atom stereocenters. The molecular formula is C28H38N4O6. The molecule has 0 radical (unpaired) electrons. The molecule has 38 heavy (non-hydrogen) atoms. The van der Waals surface area contributed by atoms with Crippen molar-refractivity contribution in [3.8, 4) is 5.75 Å². The molecule has 4 aliphatic carbocycles. The lowest BCUT2D eigenvalue weighted by Gasteiger charge is -2.56. The first kappa shape index (κ1) is 26.3. The number of benzene rings is 1. The number of nitrogens with one attached hydrogen (secondary N) is 3. The first-order chi connectivity index (χ1) is 18.4. The van der Waals surface area contributed by atoms with Gasteiger partial charge in [0.2, 0.25) is 5.91 Å². The van der Waals surface area contributed by atoms with E-state index in [0.29, 0.717) is 44.3 Å². The van der Waals surface area contributed by atoms with Crippen LogP contribution in [0.4, 0.5) is 4.79 Å². The number of carboxylic acids is 1. The number of carbonyl (C=O) groups is 3. The van der Waals surface area contributed by atoms with Crippen LogP contribution in [0.1, 0.15) is 56.9 Å². The summed E-state index contributed by atoms with van der Waals surface area (Å²) in [5.41, 5.74) is 0.849. The van der Waals surface area contributed by atoms with Crippen molar-refractivity contribution in [2.24, 2.45) is 28.2 Å². The van der Waals surface area contributed by atoms with Crippen LogP contribution in [0, 0.1) is 23.2 Å². The fourth-order valence-electron chi connectivity index (χ4n) is 7.13. The first-order valence-electron chi connectivity index (χ1n) is 13.8. The summed E-state index contributed by atoms with van der Waals surface area (Å²) in [5.74, 6) is 2.24. The zero-order valence-corrected chi connectivity index (χ0v) is 21.7. The van der Waals surface area contributed by atoms with Gasteiger partial charge in [-0.2, -0.15) is 0 Å². The quantitative estimate of drug-likeness (QED) is 0.325. The summed E-state index contributed by atoms with van der Waals surface area (Å²) in [7, 11) is 0. The van der Waals surface area contributed by atoms with Crippen LogP contribution < -0.4 is 20.7 Å². The van der Waals surface area contributed by atoms with Crippen molar-refractivity contribution in [3.63, 3.8) is 0 Å². The van der Waals surface area contributed by atoms with E-state index in [1.807, 2.05) is 0 Å². The van der Waals surface area contributed by atoms with Crippen LogP contribution in [-0.2, 0) is 20.7 Å². The predicted octanol–water partition coefficient (Wildman–Crippen LogP) is 2.86. The number of rotatable bonds is 11. The molecule has 4 saturated carbocycles. The maximum absolute atomic E-state index is 12.5. The van der Waals surface area contributed by atoms with E-state index in [1.54, 1.807) is 24.3 Å². The highest BCUT2D eigenvalue weighted by Crippen LogP contribution is 2.60. The van der Waals surface area contributed by atoms with Crippen molar-refractivity contribution in [3.05, 3.63) is 29.8 Å². The van der Waals surface area contributed by atoms with Crippen LogP contribution in [-0.4, -0.2) is 61.4 Å². The van der Waals surface area contributed by atoms with Crippen molar-refractivity contribution in [2.75, 3.05) is 26.3 Å². The Morgan fingerprint density at radius 2 is 1.76 bits per heavy atom. The number of guanidine groups is 1. The number of amides is 2. The van der Waals surface area contributed by atoms with Gasteiger partial charge in [0.15, 0.2) is 5.96 Å². The van der Waals surface area contributed by atoms with Crippen LogP contribution in [0.5, 0.6) is 5.75 Å². The number of aliphatic carboxylic acids is 1. The second-order valence-corrected chi connectivity index (χ2v) is 11.5. The second kappa shape index (κ2) is 11.6. The van der Waals surface area contributed by atoms with Gasteiger partial charge in [0.1, 0.15) is 11.8 Å². The summed E-state index contributed by atoms with van der Waals surface area (Å²) in [6.07, 6.45) is 7.71. The van der Waals surface area contributed by atoms with Crippen LogP contribution in [0.15, 0.2) is 29.3 Å². The van der Waals surface area contributed by atoms with Crippen molar-refractivity contribution in [1.29, 1.82) is 0 Å². The van der Waals surface area contributed by atoms with Gasteiger partial charge in [0, 0.05) is 24.8 Å². The highest BCUT2D eigenvalue weighted by atomic mass is 16.5. The Balaban J connectivity index is 1.03. The molecule has 6 rings (SSSR count). The van der Waals surface area contributed by atoms with Crippen LogP contribution in [0.25, 0.3) is 0 Å². The summed E-state index contributed by atoms with van der Waals surface area (Å²) in [4.78, 5) is 40.4. The smallest absolute Gasteiger partial charge is 0.407 e. The molecule has 4 N–H and O–H groups in total. The van der Waals surface area contributed by atoms with E-state index in [9.17, 15) is 19.5 Å². The average Bonchev–Trinajstić information content (AvgIpc) is 3.38. The fourth-order valence-corrected chi connectivity index (χ4v) is 7.13. The van der Waals surface area contributed by atoms with E-state index in [2.05, 4.69) is 20.9 Å². The largest absolute Gasteiger partial charge is 0.494 e. The third-order valence-electron chi connectivity index (χ3n) is 8.38. The third-order valence-corrected chi connectivity index (χ3v) is 8.38. The molecule has 4 bridgehead atoms. The Kier molecular flexibility index (Phi) is 8.04. The minimum Gasteiger partial charge on any atom is -0.494 e. The molecule has 10 nitrogen and oxygen atoms in total. The lowest BCUT2D eigenvalue weighted by Crippen LogP contribution is -2.49. The fraction of sp³-hybridized carbons (Fsp3) is 0.643. The zero-order chi connectivity index (χ0) is 26.5. The summed E-state index contributed by atoms with van der Waals surface area (Å²) < 4.78 is 11.3. The lowest BCUT2D eigenvalue weighted by molar-refractivity contribution is -0.139. The standard InChI is InChI=1S/C28H38N4O6/c33-24(32-26-29-7-8-30-26)2-1-9-37-22-5-3-18(4-6-22)13-23(25(34)35)31-27(36)38-17-28-14-19-10-20(15-28)12-21(11-19)16-28/h3-6,19-21,23H,1-2,7-17H2,(H,31,36)(H,34,35)(H2,29,30,32,33). The number of alkyl carbamates (subject to hydrolysis) is 1. The van der Waals surface area contributed by atoms with E-state index in [1.165, 1.54) is 19.3 Å². The minimum atomic E-state index is -1.10. The summed E-state index contributed by atoms with van der Waals surface area (Å²) in [6.45, 7) is 2.17. The highest BCUT2D eigenvalue weighted by molar-refractivity contribution is 5.97. The monoisotopic (exact) mass is 526 g/mol. The first-order valence-corrected chi connectivity index (χ1v) is 13.8. The van der Waals surface area contributed by atoms with Crippen LogP contribution in [0.2, 0.25) is 0 Å². The van der Waals surface area contributed by atoms with Crippen molar-refractivity contribution in [2.45, 2.75) is 63.8 Å². The molecule has 1 aliphatic heterocycles. The molecule has 5 aliphatic rings. The molecular weight excluding hydrogens is 488 g/mol. The molecule has 10 heteroatoms. The van der Waals surface area contributed by atoms with Crippen molar-refractivity contribution < 1.29 is 29.0 Å². The van der Waals surface area contributed by atoms with Gasteiger partial charge in [-0.25, -0.2) is 9.59 Å². The number of carboxylic acid groups (broad SMARTS) is 1. The van der Waals surface area contributed by atoms with E-state index < -0.39 is 18.1 Å². The van der Waals surface area contributed by atoms with Crippen molar-refractivity contribution in [1.82, 2.24) is 16.0 Å². The minimum absolute atomic E-state index is 0.0897. The third kappa shape index (κ3) is 6.76. The molecule has 0 spiro atoms. The molecule has 1 aromatic rings. The van der Waals surface area contributed by atoms with E-state index >= 15 is 0 Å². The van der Waals surface area contributed by atoms with Crippen LogP contribution in [0.3, 0.4) is 0 Å². The maximum Gasteiger partial charge on any atom is 0.407 e. The summed E-state index contributed by atoms with van der Waals surface area (Å²) in [6, 6.07) is 6.01. The molecule has 1 heterocycles. The SMILES string of the molecule is O=C(CCCOc1ccc(CC(NC(=O)OCC23CC4CC(CC(C4)C2)C3)C(=O)O)cc1)NC1=NCCN1. The Labute approximate surface area is 222 Å². The van der Waals surface area contributed by atoms with Gasteiger partial charge in [0.25, 0.3) is 0 Å². The Morgan fingerprint density at radius 3 is 2.37 bits per heavy atom. The number of hydrogen-bond donors (Lipinski definition) is 4. The zero-order valence-electron chi connectivity index (χ0n) is 21.7. The highest BCUT2D eigenvalue weighted by Gasteiger charge is 2.51. The number of ether oxygens (including phenoxy) is 2. The number of aliphatic imine (C=N–C) groups is 1. The molecule has 0 aromatic heterocycles. The van der Waals surface area contributed by atoms with Crippen molar-refractivity contribution >= 4 is 23.9 Å². The molecule has 2 amide bonds. The molecule has 0 saturated heterocycles. The Hall–Kier alpha value is -3.30. The van der Waals surface area contributed by atoms with Gasteiger partial charge < -0.3 is 25.2 Å². The van der Waals surface area contributed by atoms with Gasteiger partial charge in [-0.05, 0) is 80.4 Å². The van der Waals surface area contributed by atoms with Gasteiger partial charge in [0.05, 0.1) is 19.8 Å². The summed E-state index contributed by atoms with van der Waals surface area (Å²) >= 11 is 0. The number of carbonyl (C=O) groups excluding carboxylic acids is 2. The van der Waals surface area contributed by atoms with Gasteiger partial charge in [-0.15, -0.1) is 0 Å². The Bertz CT molecular complexity index is 1020. The maximum atomic E-state index is 12.5.